The fourth-order valence-corrected chi connectivity index (χ4v) is 3.67. The molecule has 6 heteroatoms. The Morgan fingerprint density at radius 3 is 2.75 bits per heavy atom. The van der Waals surface area contributed by atoms with Gasteiger partial charge in [-0.15, -0.1) is 0 Å². The van der Waals surface area contributed by atoms with Gasteiger partial charge in [0.15, 0.2) is 4.91 Å². The van der Waals surface area contributed by atoms with Crippen molar-refractivity contribution in [2.24, 2.45) is 0 Å². The molecule has 106 valence electrons. The number of nitrogens with one attached hydrogen (secondary N) is 1. The summed E-state index contributed by atoms with van der Waals surface area (Å²) in [5, 5.41) is 12.1. The molecule has 1 aliphatic rings. The van der Waals surface area contributed by atoms with E-state index >= 15 is 0 Å². The number of nitriles is 1. The van der Waals surface area contributed by atoms with Crippen molar-refractivity contribution < 1.29 is 12.8 Å². The molecule has 0 aromatic heterocycles. The smallest absolute Gasteiger partial charge is 0.221 e. The number of rotatable bonds is 2. The average molecular weight is 294 g/mol. The van der Waals surface area contributed by atoms with Crippen molar-refractivity contribution in [2.45, 2.75) is 31.1 Å². The molecular weight excluding hydrogens is 279 g/mol. The zero-order chi connectivity index (χ0) is 14.8. The number of hydrogen-bond acceptors (Lipinski definition) is 4. The van der Waals surface area contributed by atoms with Gasteiger partial charge in [-0.05, 0) is 43.9 Å². The van der Waals surface area contributed by atoms with Crippen LogP contribution in [0.15, 0.2) is 33.7 Å². The lowest BCUT2D eigenvalue weighted by molar-refractivity contribution is 0.565. The zero-order valence-corrected chi connectivity index (χ0v) is 11.9. The first-order valence-electron chi connectivity index (χ1n) is 6.35. The summed E-state index contributed by atoms with van der Waals surface area (Å²) in [5.74, 6) is -0.834. The van der Waals surface area contributed by atoms with Crippen LogP contribution in [0.3, 0.4) is 0 Å². The molecule has 0 aliphatic carbocycles. The summed E-state index contributed by atoms with van der Waals surface area (Å²) in [4.78, 5) is -0.810. The molecule has 20 heavy (non-hydrogen) atoms. The minimum absolute atomic E-state index is 0.373. The second-order valence-electron chi connectivity index (χ2n) is 4.74. The van der Waals surface area contributed by atoms with Crippen LogP contribution >= 0.6 is 0 Å². The second kappa shape index (κ2) is 5.63. The van der Waals surface area contributed by atoms with Crippen LogP contribution in [0.1, 0.15) is 24.8 Å². The Labute approximate surface area is 117 Å². The molecule has 0 radical (unpaired) electrons. The summed E-state index contributed by atoms with van der Waals surface area (Å²) in [6.45, 7) is 2.31. The first-order valence-corrected chi connectivity index (χ1v) is 7.83. The Bertz CT molecular complexity index is 694. The zero-order valence-electron chi connectivity index (χ0n) is 11.1. The highest BCUT2D eigenvalue weighted by molar-refractivity contribution is 7.95. The van der Waals surface area contributed by atoms with Crippen molar-refractivity contribution in [3.05, 3.63) is 40.2 Å². The predicted molar refractivity (Wildman–Crippen MR) is 72.8 cm³/mol. The summed E-state index contributed by atoms with van der Waals surface area (Å²) in [5.41, 5.74) is 1.02. The first-order chi connectivity index (χ1) is 9.46. The van der Waals surface area contributed by atoms with Gasteiger partial charge in [-0.1, -0.05) is 6.07 Å². The van der Waals surface area contributed by atoms with Gasteiger partial charge in [-0.3, -0.25) is 0 Å². The SMILES string of the molecule is Cc1ccc(F)c(S(=O)(=O)C(C#N)=C2CCCCN2)c1. The van der Waals surface area contributed by atoms with Crippen LogP contribution in [0.5, 0.6) is 0 Å². The van der Waals surface area contributed by atoms with Crippen LogP contribution < -0.4 is 5.32 Å². The van der Waals surface area contributed by atoms with E-state index in [1.54, 1.807) is 13.0 Å². The minimum atomic E-state index is -4.12. The van der Waals surface area contributed by atoms with Gasteiger partial charge < -0.3 is 5.32 Å². The van der Waals surface area contributed by atoms with Crippen LogP contribution in [0, 0.1) is 24.1 Å². The van der Waals surface area contributed by atoms with Crippen LogP contribution in [-0.2, 0) is 9.84 Å². The number of sulfone groups is 1. The molecule has 4 nitrogen and oxygen atoms in total. The molecule has 1 N–H and O–H groups in total. The highest BCUT2D eigenvalue weighted by Crippen LogP contribution is 2.27. The molecule has 0 amide bonds. The van der Waals surface area contributed by atoms with Crippen molar-refractivity contribution in [3.8, 4) is 6.07 Å². The van der Waals surface area contributed by atoms with Crippen LogP contribution in [0.25, 0.3) is 0 Å². The number of nitrogens with zero attached hydrogens (tertiary/aromatic N) is 1. The number of halogens is 1. The van der Waals surface area contributed by atoms with E-state index in [0.29, 0.717) is 24.2 Å². The van der Waals surface area contributed by atoms with Crippen LogP contribution in [-0.4, -0.2) is 15.0 Å². The van der Waals surface area contributed by atoms with Gasteiger partial charge in [-0.2, -0.15) is 5.26 Å². The highest BCUT2D eigenvalue weighted by Gasteiger charge is 2.28. The van der Waals surface area contributed by atoms with E-state index in [1.165, 1.54) is 12.1 Å². The topological polar surface area (TPSA) is 70.0 Å². The second-order valence-corrected chi connectivity index (χ2v) is 6.60. The lowest BCUT2D eigenvalue weighted by Gasteiger charge is -2.18. The fraction of sp³-hybridized carbons (Fsp3) is 0.357. The molecule has 0 saturated carbocycles. The maximum atomic E-state index is 13.8. The summed E-state index contributed by atoms with van der Waals surface area (Å²) < 4.78 is 38.7. The van der Waals surface area contributed by atoms with Gasteiger partial charge in [0.2, 0.25) is 9.84 Å². The maximum absolute atomic E-state index is 13.8. The van der Waals surface area contributed by atoms with E-state index in [0.717, 1.165) is 18.9 Å². The molecule has 1 saturated heterocycles. The molecule has 1 heterocycles. The van der Waals surface area contributed by atoms with Gasteiger partial charge in [0, 0.05) is 12.2 Å². The van der Waals surface area contributed by atoms with E-state index in [1.807, 2.05) is 0 Å². The normalized spacial score (nSPS) is 18.1. The summed E-state index contributed by atoms with van der Waals surface area (Å²) in [6, 6.07) is 5.57. The van der Waals surface area contributed by atoms with Crippen molar-refractivity contribution in [1.82, 2.24) is 5.32 Å². The van der Waals surface area contributed by atoms with E-state index in [9.17, 15) is 18.1 Å². The van der Waals surface area contributed by atoms with Gasteiger partial charge in [0.1, 0.15) is 16.8 Å². The monoisotopic (exact) mass is 294 g/mol. The highest BCUT2D eigenvalue weighted by atomic mass is 32.2. The van der Waals surface area contributed by atoms with E-state index in [-0.39, 0.29) is 4.91 Å². The van der Waals surface area contributed by atoms with Crippen molar-refractivity contribution in [2.75, 3.05) is 6.54 Å². The summed E-state index contributed by atoms with van der Waals surface area (Å²) >= 11 is 0. The van der Waals surface area contributed by atoms with Crippen LogP contribution in [0.4, 0.5) is 4.39 Å². The molecule has 1 aromatic carbocycles. The molecular formula is C14H15FN2O2S. The van der Waals surface area contributed by atoms with Gasteiger partial charge in [-0.25, -0.2) is 12.8 Å². The number of hydrogen-bond donors (Lipinski definition) is 1. The van der Waals surface area contributed by atoms with Gasteiger partial charge in [0.25, 0.3) is 0 Å². The Morgan fingerprint density at radius 1 is 1.40 bits per heavy atom. The lowest BCUT2D eigenvalue weighted by atomic mass is 10.1. The van der Waals surface area contributed by atoms with Crippen LogP contribution in [0.2, 0.25) is 0 Å². The molecule has 0 unspecified atom stereocenters. The predicted octanol–water partition coefficient (Wildman–Crippen LogP) is 2.42. The standard InChI is InChI=1S/C14H15FN2O2S/c1-10-5-6-11(15)13(8-10)20(18,19)14(9-16)12-4-2-3-7-17-12/h5-6,8,17H,2-4,7H2,1H3. The minimum Gasteiger partial charge on any atom is -0.387 e. The Kier molecular flexibility index (Phi) is 4.09. The third-order valence-electron chi connectivity index (χ3n) is 3.21. The molecule has 1 fully saturated rings. The van der Waals surface area contributed by atoms with Crippen molar-refractivity contribution in [1.29, 1.82) is 5.26 Å². The molecule has 1 aromatic rings. The number of allylic oxidation sites excluding steroid dienone is 2. The Hall–Kier alpha value is -1.87. The summed E-state index contributed by atoms with van der Waals surface area (Å²) in [6.07, 6.45) is 2.25. The van der Waals surface area contributed by atoms with Crippen molar-refractivity contribution >= 4 is 9.84 Å². The average Bonchev–Trinajstić information content (AvgIpc) is 2.43. The molecule has 2 rings (SSSR count). The number of benzene rings is 1. The van der Waals surface area contributed by atoms with Gasteiger partial charge >= 0.3 is 0 Å². The van der Waals surface area contributed by atoms with Crippen molar-refractivity contribution in [3.63, 3.8) is 0 Å². The quantitative estimate of drug-likeness (QED) is 0.850. The molecule has 0 atom stereocenters. The third kappa shape index (κ3) is 2.68. The summed E-state index contributed by atoms with van der Waals surface area (Å²) in [7, 11) is -4.12. The van der Waals surface area contributed by atoms with E-state index < -0.39 is 20.5 Å². The number of piperidine rings is 1. The Balaban J connectivity index is 2.59. The van der Waals surface area contributed by atoms with Gasteiger partial charge in [0.05, 0.1) is 0 Å². The number of aryl methyl sites for hydroxylation is 1. The van der Waals surface area contributed by atoms with E-state index in [4.69, 9.17) is 0 Å². The van der Waals surface area contributed by atoms with E-state index in [2.05, 4.69) is 5.32 Å². The maximum Gasteiger partial charge on any atom is 0.221 e. The largest absolute Gasteiger partial charge is 0.387 e. The Morgan fingerprint density at radius 2 is 2.15 bits per heavy atom. The lowest BCUT2D eigenvalue weighted by Crippen LogP contribution is -2.24. The molecule has 0 spiro atoms. The first kappa shape index (κ1) is 14.5. The molecule has 1 aliphatic heterocycles. The fourth-order valence-electron chi connectivity index (χ4n) is 2.16. The molecule has 0 bridgehead atoms. The third-order valence-corrected chi connectivity index (χ3v) is 4.98.